The molecule has 0 saturated carbocycles. The van der Waals surface area contributed by atoms with E-state index in [4.69, 9.17) is 20.5 Å². The van der Waals surface area contributed by atoms with E-state index in [1.54, 1.807) is 45.2 Å². The molecule has 0 bridgehead atoms. The zero-order chi connectivity index (χ0) is 15.6. The molecule has 2 aromatic carbocycles. The fraction of sp³-hybridized carbons (Fsp3) is 0.200. The first-order valence-electron chi connectivity index (χ1n) is 6.19. The Balaban J connectivity index is 2.40. The number of methoxy groups -OCH3 is 1. The maximum Gasteiger partial charge on any atom is 0.339 e. The van der Waals surface area contributed by atoms with Gasteiger partial charge in [-0.15, -0.1) is 0 Å². The van der Waals surface area contributed by atoms with Gasteiger partial charge in [-0.1, -0.05) is 11.6 Å². The summed E-state index contributed by atoms with van der Waals surface area (Å²) in [6.45, 7) is 3.47. The molecule has 0 fully saturated rings. The maximum atomic E-state index is 12.4. The van der Waals surface area contributed by atoms with Gasteiger partial charge in [0.2, 0.25) is 0 Å². The minimum Gasteiger partial charge on any atom is -0.496 e. The highest BCUT2D eigenvalue weighted by Gasteiger charge is 2.21. The number of hydrogen-bond donors (Lipinski definition) is 0. The lowest BCUT2D eigenvalue weighted by molar-refractivity contribution is 0.410. The zero-order valence-electron chi connectivity index (χ0n) is 11.9. The van der Waals surface area contributed by atoms with Crippen molar-refractivity contribution in [2.75, 3.05) is 7.11 Å². The summed E-state index contributed by atoms with van der Waals surface area (Å²) in [5.41, 5.74) is 1.28. The summed E-state index contributed by atoms with van der Waals surface area (Å²) in [5.74, 6) is 0.852. The summed E-state index contributed by atoms with van der Waals surface area (Å²) in [6.07, 6.45) is 0. The van der Waals surface area contributed by atoms with Crippen LogP contribution >= 0.6 is 11.6 Å². The number of hydrogen-bond acceptors (Lipinski definition) is 4. The summed E-state index contributed by atoms with van der Waals surface area (Å²) < 4.78 is 35.0. The van der Waals surface area contributed by atoms with Crippen LogP contribution in [0.5, 0.6) is 11.5 Å². The van der Waals surface area contributed by atoms with Gasteiger partial charge in [-0.2, -0.15) is 8.42 Å². The monoisotopic (exact) mass is 326 g/mol. The first-order chi connectivity index (χ1) is 9.83. The molecule has 4 nitrogen and oxygen atoms in total. The van der Waals surface area contributed by atoms with Gasteiger partial charge in [0.15, 0.2) is 0 Å². The minimum atomic E-state index is -3.90. The number of aryl methyl sites for hydroxylation is 2. The fourth-order valence-corrected chi connectivity index (χ4v) is 3.27. The molecule has 0 atom stereocenters. The van der Waals surface area contributed by atoms with Crippen molar-refractivity contribution in [1.29, 1.82) is 0 Å². The highest BCUT2D eigenvalue weighted by molar-refractivity contribution is 7.87. The lowest BCUT2D eigenvalue weighted by Crippen LogP contribution is -2.12. The van der Waals surface area contributed by atoms with E-state index in [0.29, 0.717) is 16.3 Å². The Hall–Kier alpha value is -1.72. The Morgan fingerprint density at radius 1 is 1.00 bits per heavy atom. The normalized spacial score (nSPS) is 11.2. The van der Waals surface area contributed by atoms with Crippen LogP contribution in [0.25, 0.3) is 0 Å². The highest BCUT2D eigenvalue weighted by atomic mass is 35.5. The van der Waals surface area contributed by atoms with Crippen LogP contribution in [0, 0.1) is 13.8 Å². The molecule has 6 heteroatoms. The molecular weight excluding hydrogens is 312 g/mol. The number of benzene rings is 2. The Bertz CT molecular complexity index is 752. The second kappa shape index (κ2) is 5.95. The van der Waals surface area contributed by atoms with E-state index in [2.05, 4.69) is 0 Å². The van der Waals surface area contributed by atoms with Crippen LogP contribution in [-0.4, -0.2) is 15.5 Å². The molecule has 0 heterocycles. The molecule has 21 heavy (non-hydrogen) atoms. The van der Waals surface area contributed by atoms with Crippen LogP contribution in [0.4, 0.5) is 0 Å². The quantitative estimate of drug-likeness (QED) is 0.803. The molecule has 0 radical (unpaired) electrons. The first-order valence-corrected chi connectivity index (χ1v) is 7.97. The van der Waals surface area contributed by atoms with Gasteiger partial charge in [0.25, 0.3) is 0 Å². The lowest BCUT2D eigenvalue weighted by atomic mass is 10.1. The van der Waals surface area contributed by atoms with Crippen molar-refractivity contribution in [3.63, 3.8) is 0 Å². The van der Waals surface area contributed by atoms with Crippen LogP contribution in [0.2, 0.25) is 5.02 Å². The van der Waals surface area contributed by atoms with Crippen molar-refractivity contribution < 1.29 is 17.3 Å². The van der Waals surface area contributed by atoms with Crippen molar-refractivity contribution in [1.82, 2.24) is 0 Å². The van der Waals surface area contributed by atoms with Gasteiger partial charge < -0.3 is 8.92 Å². The van der Waals surface area contributed by atoms with Gasteiger partial charge in [-0.3, -0.25) is 0 Å². The largest absolute Gasteiger partial charge is 0.496 e. The molecule has 0 saturated heterocycles. The summed E-state index contributed by atoms with van der Waals surface area (Å²) in [7, 11) is -2.36. The molecule has 0 aromatic heterocycles. The van der Waals surface area contributed by atoms with Crippen molar-refractivity contribution in [2.24, 2.45) is 0 Å². The van der Waals surface area contributed by atoms with E-state index < -0.39 is 10.1 Å². The third-order valence-electron chi connectivity index (χ3n) is 2.98. The molecule has 0 aliphatic carbocycles. The molecule has 2 aromatic rings. The molecule has 0 spiro atoms. The SMILES string of the molecule is COc1cc(C)c(S(=O)(=O)Oc2ccc(Cl)cc2)cc1C. The third kappa shape index (κ3) is 3.49. The topological polar surface area (TPSA) is 52.6 Å². The predicted molar refractivity (Wildman–Crippen MR) is 81.7 cm³/mol. The molecule has 0 unspecified atom stereocenters. The van der Waals surface area contributed by atoms with Gasteiger partial charge in [-0.25, -0.2) is 0 Å². The third-order valence-corrected chi connectivity index (χ3v) is 4.62. The van der Waals surface area contributed by atoms with E-state index in [1.165, 1.54) is 12.1 Å². The standard InChI is InChI=1S/C15H15ClO4S/c1-10-9-15(11(2)8-14(10)19-3)21(17,18)20-13-6-4-12(16)5-7-13/h4-9H,1-3H3. The van der Waals surface area contributed by atoms with Crippen molar-refractivity contribution in [3.8, 4) is 11.5 Å². The van der Waals surface area contributed by atoms with Gasteiger partial charge in [-0.05, 0) is 61.4 Å². The molecule has 0 N–H and O–H groups in total. The minimum absolute atomic E-state index is 0.121. The van der Waals surface area contributed by atoms with Crippen LogP contribution < -0.4 is 8.92 Å². The van der Waals surface area contributed by atoms with Gasteiger partial charge in [0.05, 0.1) is 7.11 Å². The summed E-state index contributed by atoms with van der Waals surface area (Å²) in [4.78, 5) is 0.121. The van der Waals surface area contributed by atoms with Crippen LogP contribution in [0.15, 0.2) is 41.3 Å². The van der Waals surface area contributed by atoms with Gasteiger partial charge >= 0.3 is 10.1 Å². The van der Waals surface area contributed by atoms with E-state index in [-0.39, 0.29) is 10.6 Å². The Kier molecular flexibility index (Phi) is 4.44. The van der Waals surface area contributed by atoms with E-state index in [1.807, 2.05) is 0 Å². The fourth-order valence-electron chi connectivity index (χ4n) is 1.91. The van der Waals surface area contributed by atoms with Gasteiger partial charge in [0.1, 0.15) is 16.4 Å². The molecule has 2 rings (SSSR count). The summed E-state index contributed by atoms with van der Waals surface area (Å²) in [5, 5.41) is 0.510. The summed E-state index contributed by atoms with van der Waals surface area (Å²) in [6, 6.07) is 9.36. The van der Waals surface area contributed by atoms with Crippen LogP contribution in [0.1, 0.15) is 11.1 Å². The lowest BCUT2D eigenvalue weighted by Gasteiger charge is -2.12. The second-order valence-corrected chi connectivity index (χ2v) is 6.53. The second-order valence-electron chi connectivity index (χ2n) is 4.58. The van der Waals surface area contributed by atoms with Crippen molar-refractivity contribution in [2.45, 2.75) is 18.7 Å². The number of rotatable bonds is 4. The molecule has 0 aliphatic heterocycles. The predicted octanol–water partition coefficient (Wildman–Crippen LogP) is 3.73. The zero-order valence-corrected chi connectivity index (χ0v) is 13.5. The highest BCUT2D eigenvalue weighted by Crippen LogP contribution is 2.28. The molecular formula is C15H15ClO4S. The van der Waals surface area contributed by atoms with E-state index in [9.17, 15) is 8.42 Å². The smallest absolute Gasteiger partial charge is 0.339 e. The Morgan fingerprint density at radius 3 is 2.19 bits per heavy atom. The number of ether oxygens (including phenoxy) is 1. The Morgan fingerprint density at radius 2 is 1.62 bits per heavy atom. The van der Waals surface area contributed by atoms with E-state index >= 15 is 0 Å². The molecule has 0 aliphatic rings. The average molecular weight is 327 g/mol. The molecule has 112 valence electrons. The average Bonchev–Trinajstić information content (AvgIpc) is 2.43. The first kappa shape index (κ1) is 15.7. The van der Waals surface area contributed by atoms with Gasteiger partial charge in [0, 0.05) is 5.02 Å². The number of halogens is 1. The van der Waals surface area contributed by atoms with Crippen LogP contribution in [0.3, 0.4) is 0 Å². The molecule has 0 amide bonds. The van der Waals surface area contributed by atoms with Crippen LogP contribution in [-0.2, 0) is 10.1 Å². The van der Waals surface area contributed by atoms with Crippen molar-refractivity contribution in [3.05, 3.63) is 52.5 Å². The maximum absolute atomic E-state index is 12.4. The Labute approximate surface area is 129 Å². The van der Waals surface area contributed by atoms with Crippen molar-refractivity contribution >= 4 is 21.7 Å². The summed E-state index contributed by atoms with van der Waals surface area (Å²) >= 11 is 5.76. The van der Waals surface area contributed by atoms with E-state index in [0.717, 1.165) is 5.56 Å².